The molecule has 8 heteroatoms. The number of fused-ring (bicyclic) bond motifs is 1. The molecule has 1 fully saturated rings. The van der Waals surface area contributed by atoms with Gasteiger partial charge in [-0.2, -0.15) is 5.10 Å². The average Bonchev–Trinajstić information content (AvgIpc) is 3.09. The number of benzene rings is 1. The molecule has 3 aromatic rings. The molecule has 1 aromatic carbocycles. The van der Waals surface area contributed by atoms with Crippen molar-refractivity contribution in [2.24, 2.45) is 5.73 Å². The van der Waals surface area contributed by atoms with Gasteiger partial charge in [-0.05, 0) is 37.1 Å². The molecule has 2 aromatic heterocycles. The number of piperidine rings is 1. The van der Waals surface area contributed by atoms with Crippen LogP contribution in [0.5, 0.6) is 5.75 Å². The number of likely N-dealkylation sites (tertiary alicyclic amines) is 1. The fourth-order valence-electron chi connectivity index (χ4n) is 3.60. The van der Waals surface area contributed by atoms with Gasteiger partial charge >= 0.3 is 0 Å². The number of aliphatic hydroxyl groups is 1. The standard InChI is InChI=1S/C20H26N6O2/c1-2-28-16-5-3-4-15(10-16)24-20-19-14(6-9-26(19)23-13-22-20)11-25-8-7-17(21)18(27)12-25/h3-6,9-10,13,17-18,27H,2,7-8,11-12,21H2,1H3,(H,22,23,24)/t17-,18-/m1/s1. The number of ether oxygens (including phenoxy) is 1. The molecule has 0 aliphatic carbocycles. The SMILES string of the molecule is CCOc1cccc(Nc2ncnn3ccc(CN4CC[C@@H](N)[C@H](O)C4)c23)c1. The quantitative estimate of drug-likeness (QED) is 0.597. The van der Waals surface area contributed by atoms with E-state index in [0.717, 1.165) is 41.3 Å². The Labute approximate surface area is 163 Å². The highest BCUT2D eigenvalue weighted by Gasteiger charge is 2.25. The van der Waals surface area contributed by atoms with E-state index in [1.165, 1.54) is 6.33 Å². The van der Waals surface area contributed by atoms with Crippen LogP contribution < -0.4 is 15.8 Å². The Kier molecular flexibility index (Phi) is 5.43. The predicted octanol–water partition coefficient (Wildman–Crippen LogP) is 1.77. The van der Waals surface area contributed by atoms with Gasteiger partial charge in [0, 0.05) is 43.6 Å². The van der Waals surface area contributed by atoms with Crippen LogP contribution in [-0.4, -0.2) is 56.4 Å². The van der Waals surface area contributed by atoms with E-state index in [4.69, 9.17) is 10.5 Å². The lowest BCUT2D eigenvalue weighted by molar-refractivity contribution is 0.0501. The minimum absolute atomic E-state index is 0.139. The third-order valence-corrected chi connectivity index (χ3v) is 5.06. The van der Waals surface area contributed by atoms with Crippen LogP contribution in [0.4, 0.5) is 11.5 Å². The Morgan fingerprint density at radius 3 is 3.07 bits per heavy atom. The largest absolute Gasteiger partial charge is 0.494 e. The molecule has 2 atom stereocenters. The fourth-order valence-corrected chi connectivity index (χ4v) is 3.60. The number of hydrogen-bond donors (Lipinski definition) is 3. The zero-order valence-corrected chi connectivity index (χ0v) is 16.0. The van der Waals surface area contributed by atoms with Crippen LogP contribution in [0.1, 0.15) is 18.9 Å². The van der Waals surface area contributed by atoms with Gasteiger partial charge in [0.05, 0.1) is 12.7 Å². The summed E-state index contributed by atoms with van der Waals surface area (Å²) in [6.07, 6.45) is 3.77. The molecule has 0 amide bonds. The lowest BCUT2D eigenvalue weighted by Gasteiger charge is -2.33. The summed E-state index contributed by atoms with van der Waals surface area (Å²) in [4.78, 5) is 6.68. The van der Waals surface area contributed by atoms with Crippen molar-refractivity contribution in [1.82, 2.24) is 19.5 Å². The minimum atomic E-state index is -0.488. The van der Waals surface area contributed by atoms with Gasteiger partial charge in [-0.25, -0.2) is 9.50 Å². The summed E-state index contributed by atoms with van der Waals surface area (Å²) in [7, 11) is 0. The van der Waals surface area contributed by atoms with Crippen molar-refractivity contribution >= 4 is 17.0 Å². The molecular formula is C20H26N6O2. The maximum atomic E-state index is 10.1. The highest BCUT2D eigenvalue weighted by Crippen LogP contribution is 2.26. The van der Waals surface area contributed by atoms with Crippen LogP contribution in [0, 0.1) is 0 Å². The molecule has 1 aliphatic rings. The van der Waals surface area contributed by atoms with Gasteiger partial charge in [0.25, 0.3) is 0 Å². The van der Waals surface area contributed by atoms with Crippen molar-refractivity contribution in [3.05, 3.63) is 48.4 Å². The van der Waals surface area contributed by atoms with E-state index in [2.05, 4.69) is 20.3 Å². The summed E-state index contributed by atoms with van der Waals surface area (Å²) in [5.74, 6) is 1.55. The number of β-amino-alcohol motifs (C(OH)–C–C–N with tert-alkyl or cyclic N) is 1. The Bertz CT molecular complexity index is 943. The molecule has 8 nitrogen and oxygen atoms in total. The molecule has 0 bridgehead atoms. The van der Waals surface area contributed by atoms with E-state index >= 15 is 0 Å². The summed E-state index contributed by atoms with van der Waals surface area (Å²) in [6, 6.07) is 9.72. The molecule has 148 valence electrons. The first-order valence-corrected chi connectivity index (χ1v) is 9.61. The second kappa shape index (κ2) is 8.14. The Morgan fingerprint density at radius 1 is 1.36 bits per heavy atom. The molecule has 4 N–H and O–H groups in total. The molecule has 0 unspecified atom stereocenters. The van der Waals surface area contributed by atoms with Gasteiger partial charge in [0.2, 0.25) is 0 Å². The molecule has 1 aliphatic heterocycles. The fraction of sp³-hybridized carbons (Fsp3) is 0.400. The van der Waals surface area contributed by atoms with E-state index in [1.807, 2.05) is 48.0 Å². The summed E-state index contributed by atoms with van der Waals surface area (Å²) >= 11 is 0. The zero-order valence-electron chi connectivity index (χ0n) is 16.0. The normalized spacial score (nSPS) is 20.4. The first kappa shape index (κ1) is 18.7. The Balaban J connectivity index is 1.59. The average molecular weight is 382 g/mol. The van der Waals surface area contributed by atoms with Gasteiger partial charge < -0.3 is 20.9 Å². The third-order valence-electron chi connectivity index (χ3n) is 5.06. The maximum Gasteiger partial charge on any atom is 0.158 e. The van der Waals surface area contributed by atoms with Crippen molar-refractivity contribution < 1.29 is 9.84 Å². The van der Waals surface area contributed by atoms with Crippen LogP contribution >= 0.6 is 0 Å². The highest BCUT2D eigenvalue weighted by atomic mass is 16.5. The third kappa shape index (κ3) is 3.94. The number of nitrogens with zero attached hydrogens (tertiary/aromatic N) is 4. The van der Waals surface area contributed by atoms with Crippen molar-refractivity contribution in [2.75, 3.05) is 25.0 Å². The van der Waals surface area contributed by atoms with Gasteiger partial charge in [-0.3, -0.25) is 4.90 Å². The van der Waals surface area contributed by atoms with E-state index < -0.39 is 6.10 Å². The number of aromatic nitrogens is 3. The molecular weight excluding hydrogens is 356 g/mol. The van der Waals surface area contributed by atoms with Crippen LogP contribution in [0.15, 0.2) is 42.9 Å². The first-order chi connectivity index (χ1) is 13.6. The summed E-state index contributed by atoms with van der Waals surface area (Å²) in [5.41, 5.74) is 8.86. The van der Waals surface area contributed by atoms with Crippen molar-refractivity contribution in [3.8, 4) is 5.75 Å². The van der Waals surface area contributed by atoms with E-state index in [1.54, 1.807) is 0 Å². The number of nitrogens with two attached hydrogens (primary N) is 1. The second-order valence-corrected chi connectivity index (χ2v) is 7.08. The van der Waals surface area contributed by atoms with Crippen LogP contribution in [0.2, 0.25) is 0 Å². The monoisotopic (exact) mass is 382 g/mol. The second-order valence-electron chi connectivity index (χ2n) is 7.08. The summed E-state index contributed by atoms with van der Waals surface area (Å²) in [6.45, 7) is 4.73. The molecule has 0 spiro atoms. The predicted molar refractivity (Wildman–Crippen MR) is 108 cm³/mol. The number of nitrogens with one attached hydrogen (secondary N) is 1. The molecule has 4 rings (SSSR count). The van der Waals surface area contributed by atoms with Crippen LogP contribution in [0.3, 0.4) is 0 Å². The van der Waals surface area contributed by atoms with Crippen LogP contribution in [0.25, 0.3) is 5.52 Å². The summed E-state index contributed by atoms with van der Waals surface area (Å²) in [5, 5.41) is 17.8. The maximum absolute atomic E-state index is 10.1. The number of hydrogen-bond acceptors (Lipinski definition) is 7. The van der Waals surface area contributed by atoms with E-state index in [-0.39, 0.29) is 6.04 Å². The van der Waals surface area contributed by atoms with Crippen molar-refractivity contribution in [1.29, 1.82) is 0 Å². The number of anilines is 2. The van der Waals surface area contributed by atoms with Crippen molar-refractivity contribution in [3.63, 3.8) is 0 Å². The van der Waals surface area contributed by atoms with E-state index in [0.29, 0.717) is 19.7 Å². The lowest BCUT2D eigenvalue weighted by Crippen LogP contribution is -2.50. The number of aliphatic hydroxyl groups excluding tert-OH is 1. The van der Waals surface area contributed by atoms with Crippen molar-refractivity contribution in [2.45, 2.75) is 32.0 Å². The van der Waals surface area contributed by atoms with Gasteiger partial charge in [-0.1, -0.05) is 6.07 Å². The van der Waals surface area contributed by atoms with Crippen LogP contribution in [-0.2, 0) is 6.54 Å². The molecule has 0 radical (unpaired) electrons. The smallest absolute Gasteiger partial charge is 0.158 e. The first-order valence-electron chi connectivity index (χ1n) is 9.61. The molecule has 28 heavy (non-hydrogen) atoms. The van der Waals surface area contributed by atoms with Gasteiger partial charge in [-0.15, -0.1) is 0 Å². The summed E-state index contributed by atoms with van der Waals surface area (Å²) < 4.78 is 7.40. The molecule has 1 saturated heterocycles. The van der Waals surface area contributed by atoms with Gasteiger partial charge in [0.15, 0.2) is 5.82 Å². The Hall–Kier alpha value is -2.68. The molecule has 3 heterocycles. The topological polar surface area (TPSA) is 101 Å². The lowest BCUT2D eigenvalue weighted by atomic mass is 10.0. The highest BCUT2D eigenvalue weighted by molar-refractivity contribution is 5.76. The van der Waals surface area contributed by atoms with E-state index in [9.17, 15) is 5.11 Å². The molecule has 0 saturated carbocycles. The zero-order chi connectivity index (χ0) is 19.5. The van der Waals surface area contributed by atoms with Gasteiger partial charge in [0.1, 0.15) is 17.6 Å². The Morgan fingerprint density at radius 2 is 2.25 bits per heavy atom. The number of rotatable bonds is 6. The minimum Gasteiger partial charge on any atom is -0.494 e.